The van der Waals surface area contributed by atoms with Gasteiger partial charge in [0.05, 0.1) is 0 Å². The average Bonchev–Trinajstić information content (AvgIpc) is 2.40. The van der Waals surface area contributed by atoms with Gasteiger partial charge in [-0.3, -0.25) is 0 Å². The van der Waals surface area contributed by atoms with Gasteiger partial charge in [-0.05, 0) is 24.8 Å². The van der Waals surface area contributed by atoms with Crippen LogP contribution in [0.2, 0.25) is 0 Å². The van der Waals surface area contributed by atoms with Crippen molar-refractivity contribution in [3.05, 3.63) is 22.4 Å². The summed E-state index contributed by atoms with van der Waals surface area (Å²) in [4.78, 5) is 1.38. The van der Waals surface area contributed by atoms with Gasteiger partial charge in [-0.15, -0.1) is 11.3 Å². The number of aryl methyl sites for hydroxylation is 1. The van der Waals surface area contributed by atoms with E-state index in [0.717, 1.165) is 6.42 Å². The molecule has 0 aromatic carbocycles. The van der Waals surface area contributed by atoms with Crippen molar-refractivity contribution < 1.29 is 5.11 Å². The minimum absolute atomic E-state index is 0.319. The molecular weight excluding hydrogens is 144 g/mol. The first-order valence-corrected chi connectivity index (χ1v) is 4.30. The second-order valence-corrected chi connectivity index (χ2v) is 3.10. The summed E-state index contributed by atoms with van der Waals surface area (Å²) in [5, 5.41) is 9.95. The zero-order chi connectivity index (χ0) is 7.82. The van der Waals surface area contributed by atoms with Crippen LogP contribution in [0.25, 0.3) is 0 Å². The van der Waals surface area contributed by atoms with Crippen molar-refractivity contribution >= 4 is 11.3 Å². The maximum atomic E-state index is 7.88. The molecule has 0 spiro atoms. The highest BCUT2D eigenvalue weighted by Crippen LogP contribution is 2.03. The highest BCUT2D eigenvalue weighted by molar-refractivity contribution is 7.09. The molecule has 0 aliphatic carbocycles. The zero-order valence-corrected chi connectivity index (χ0v) is 7.32. The zero-order valence-electron chi connectivity index (χ0n) is 6.50. The monoisotopic (exact) mass is 158 g/mol. The van der Waals surface area contributed by atoms with Crippen LogP contribution in [0.1, 0.15) is 18.2 Å². The molecule has 0 bridgehead atoms. The third-order valence-corrected chi connectivity index (χ3v) is 1.69. The Hall–Kier alpha value is -0.340. The Morgan fingerprint density at radius 2 is 2.20 bits per heavy atom. The standard InChI is InChI=1S/C5H6S.C3H8O/c1-5-3-2-4-6-5;1-2-3-4/h2-4H,1H3;4H,2-3H2,1H3. The number of thiophene rings is 1. The summed E-state index contributed by atoms with van der Waals surface area (Å²) in [5.74, 6) is 0. The lowest BCUT2D eigenvalue weighted by molar-refractivity contribution is 0.295. The predicted octanol–water partition coefficient (Wildman–Crippen LogP) is 2.45. The van der Waals surface area contributed by atoms with Gasteiger partial charge in [0.1, 0.15) is 0 Å². The Morgan fingerprint density at radius 1 is 1.60 bits per heavy atom. The summed E-state index contributed by atoms with van der Waals surface area (Å²) < 4.78 is 0. The molecule has 1 aromatic rings. The van der Waals surface area contributed by atoms with E-state index in [2.05, 4.69) is 24.4 Å². The normalized spacial score (nSPS) is 8.30. The lowest BCUT2D eigenvalue weighted by atomic mass is 10.5. The van der Waals surface area contributed by atoms with E-state index in [4.69, 9.17) is 5.11 Å². The molecule has 0 unspecified atom stereocenters. The molecule has 0 atom stereocenters. The summed E-state index contributed by atoms with van der Waals surface area (Å²) >= 11 is 1.78. The Balaban J connectivity index is 0.000000180. The van der Waals surface area contributed by atoms with Crippen molar-refractivity contribution in [1.82, 2.24) is 0 Å². The first-order valence-electron chi connectivity index (χ1n) is 3.42. The molecule has 1 rings (SSSR count). The topological polar surface area (TPSA) is 20.2 Å². The SMILES string of the molecule is CCCO.Cc1cccs1. The van der Waals surface area contributed by atoms with Gasteiger partial charge in [0.2, 0.25) is 0 Å². The van der Waals surface area contributed by atoms with Gasteiger partial charge in [0.25, 0.3) is 0 Å². The van der Waals surface area contributed by atoms with Crippen LogP contribution in [-0.4, -0.2) is 11.7 Å². The van der Waals surface area contributed by atoms with E-state index in [-0.39, 0.29) is 0 Å². The van der Waals surface area contributed by atoms with Gasteiger partial charge in [-0.2, -0.15) is 0 Å². The smallest absolute Gasteiger partial charge is 0.0428 e. The van der Waals surface area contributed by atoms with E-state index < -0.39 is 0 Å². The maximum absolute atomic E-state index is 7.88. The fourth-order valence-corrected chi connectivity index (χ4v) is 0.890. The molecule has 0 radical (unpaired) electrons. The summed E-state index contributed by atoms with van der Waals surface area (Å²) in [5.41, 5.74) is 0. The van der Waals surface area contributed by atoms with E-state index in [1.807, 2.05) is 6.92 Å². The molecule has 0 aliphatic heterocycles. The minimum atomic E-state index is 0.319. The van der Waals surface area contributed by atoms with Crippen molar-refractivity contribution in [2.24, 2.45) is 0 Å². The number of rotatable bonds is 1. The van der Waals surface area contributed by atoms with Gasteiger partial charge in [-0.25, -0.2) is 0 Å². The van der Waals surface area contributed by atoms with Crippen LogP contribution in [0, 0.1) is 6.92 Å². The third-order valence-electron chi connectivity index (χ3n) is 0.887. The molecule has 0 saturated carbocycles. The van der Waals surface area contributed by atoms with Crippen molar-refractivity contribution in [3.8, 4) is 0 Å². The predicted molar refractivity (Wildman–Crippen MR) is 46.4 cm³/mol. The number of aliphatic hydroxyl groups excluding tert-OH is 1. The van der Waals surface area contributed by atoms with Gasteiger partial charge in [-0.1, -0.05) is 13.0 Å². The highest BCUT2D eigenvalue weighted by atomic mass is 32.1. The van der Waals surface area contributed by atoms with Crippen LogP contribution in [-0.2, 0) is 0 Å². The maximum Gasteiger partial charge on any atom is 0.0428 e. The van der Waals surface area contributed by atoms with Crippen LogP contribution >= 0.6 is 11.3 Å². The Kier molecular flexibility index (Phi) is 6.55. The van der Waals surface area contributed by atoms with Crippen LogP contribution in [0.4, 0.5) is 0 Å². The fraction of sp³-hybridized carbons (Fsp3) is 0.500. The average molecular weight is 158 g/mol. The Bertz CT molecular complexity index is 133. The van der Waals surface area contributed by atoms with Gasteiger partial charge in [0.15, 0.2) is 0 Å². The Labute approximate surface area is 66.3 Å². The van der Waals surface area contributed by atoms with E-state index >= 15 is 0 Å². The molecule has 1 aromatic heterocycles. The molecule has 1 nitrogen and oxygen atoms in total. The molecule has 0 fully saturated rings. The molecule has 58 valence electrons. The van der Waals surface area contributed by atoms with Crippen LogP contribution in [0.5, 0.6) is 0 Å². The second kappa shape index (κ2) is 6.78. The lowest BCUT2D eigenvalue weighted by Gasteiger charge is -1.69. The van der Waals surface area contributed by atoms with Crippen molar-refractivity contribution in [2.75, 3.05) is 6.61 Å². The van der Waals surface area contributed by atoms with Gasteiger partial charge < -0.3 is 5.11 Å². The molecule has 10 heavy (non-hydrogen) atoms. The fourth-order valence-electron chi connectivity index (χ4n) is 0.361. The van der Waals surface area contributed by atoms with E-state index in [9.17, 15) is 0 Å². The molecule has 0 saturated heterocycles. The summed E-state index contributed by atoms with van der Waals surface area (Å²) in [7, 11) is 0. The van der Waals surface area contributed by atoms with Crippen molar-refractivity contribution in [1.29, 1.82) is 0 Å². The summed E-state index contributed by atoms with van der Waals surface area (Å²) in [6, 6.07) is 4.16. The van der Waals surface area contributed by atoms with E-state index in [1.165, 1.54) is 4.88 Å². The molecule has 0 aliphatic rings. The molecule has 2 heteroatoms. The quantitative estimate of drug-likeness (QED) is 0.665. The molecule has 1 N–H and O–H groups in total. The van der Waals surface area contributed by atoms with E-state index in [0.29, 0.717) is 6.61 Å². The van der Waals surface area contributed by atoms with Gasteiger partial charge in [0, 0.05) is 11.5 Å². The lowest BCUT2D eigenvalue weighted by Crippen LogP contribution is -1.69. The van der Waals surface area contributed by atoms with Crippen LogP contribution in [0.3, 0.4) is 0 Å². The first-order chi connectivity index (χ1) is 4.81. The number of hydrogen-bond acceptors (Lipinski definition) is 2. The van der Waals surface area contributed by atoms with Crippen LogP contribution in [0.15, 0.2) is 17.5 Å². The minimum Gasteiger partial charge on any atom is -0.396 e. The van der Waals surface area contributed by atoms with Crippen LogP contribution < -0.4 is 0 Å². The molecule has 0 amide bonds. The number of hydrogen-bond donors (Lipinski definition) is 1. The first kappa shape index (κ1) is 9.66. The summed E-state index contributed by atoms with van der Waals surface area (Å²) in [6.07, 6.45) is 0.875. The second-order valence-electron chi connectivity index (χ2n) is 1.95. The molecule has 1 heterocycles. The van der Waals surface area contributed by atoms with E-state index in [1.54, 1.807) is 11.3 Å². The van der Waals surface area contributed by atoms with Crippen molar-refractivity contribution in [3.63, 3.8) is 0 Å². The highest BCUT2D eigenvalue weighted by Gasteiger charge is 1.74. The third kappa shape index (κ3) is 5.79. The summed E-state index contributed by atoms with van der Waals surface area (Å²) in [6.45, 7) is 4.35. The number of aliphatic hydroxyl groups is 1. The Morgan fingerprint density at radius 3 is 2.30 bits per heavy atom. The molecular formula is C8H14OS. The van der Waals surface area contributed by atoms with Gasteiger partial charge >= 0.3 is 0 Å². The van der Waals surface area contributed by atoms with Crippen molar-refractivity contribution in [2.45, 2.75) is 20.3 Å². The largest absolute Gasteiger partial charge is 0.396 e.